The number of aromatic amines is 1. The molecule has 1 aliphatic rings. The third-order valence-corrected chi connectivity index (χ3v) is 6.89. The number of hydrogen-bond donors (Lipinski definition) is 2. The van der Waals surface area contributed by atoms with Crippen LogP contribution in [0.2, 0.25) is 0 Å². The lowest BCUT2D eigenvalue weighted by Gasteiger charge is -2.16. The summed E-state index contributed by atoms with van der Waals surface area (Å²) in [6, 6.07) is 8.82. The van der Waals surface area contributed by atoms with Gasteiger partial charge in [0.05, 0.1) is 17.4 Å². The molecule has 3 N–H and O–H groups in total. The average Bonchev–Trinajstić information content (AvgIpc) is 3.24. The highest BCUT2D eigenvalue weighted by molar-refractivity contribution is 8.00. The molecular weight excluding hydrogens is 428 g/mol. The van der Waals surface area contributed by atoms with E-state index in [-0.39, 0.29) is 44.4 Å². The lowest BCUT2D eigenvalue weighted by Crippen LogP contribution is -2.26. The van der Waals surface area contributed by atoms with Gasteiger partial charge in [0.1, 0.15) is 10.1 Å². The summed E-state index contributed by atoms with van der Waals surface area (Å²) < 4.78 is 13.0. The summed E-state index contributed by atoms with van der Waals surface area (Å²) in [7, 11) is 0. The van der Waals surface area contributed by atoms with Crippen molar-refractivity contribution in [1.29, 1.82) is 0 Å². The van der Waals surface area contributed by atoms with Crippen molar-refractivity contribution < 1.29 is 14.3 Å². The number of nitrogens with two attached hydrogens (primary N) is 1. The van der Waals surface area contributed by atoms with Crippen LogP contribution in [0.1, 0.15) is 36.4 Å². The number of anilines is 1. The maximum Gasteiger partial charge on any atom is 0.338 e. The summed E-state index contributed by atoms with van der Waals surface area (Å²) in [6.45, 7) is 2.24. The van der Waals surface area contributed by atoms with Gasteiger partial charge in [-0.25, -0.2) is 4.79 Å². The van der Waals surface area contributed by atoms with Gasteiger partial charge in [0.15, 0.2) is 11.9 Å². The summed E-state index contributed by atoms with van der Waals surface area (Å²) >= 11 is 2.42. The SMILES string of the molecule is C[C@@H]1SC(CCCOC(=O)c2ccccc2)OC1n1c(=O)sc2c(=O)[nH]c(N)nc21. The minimum absolute atomic E-state index is 0.0281. The fraction of sp³-hybridized carbons (Fsp3) is 0.368. The van der Waals surface area contributed by atoms with Crippen molar-refractivity contribution in [2.45, 2.75) is 36.7 Å². The number of aromatic nitrogens is 3. The second-order valence-electron chi connectivity index (χ2n) is 6.78. The Hall–Kier alpha value is -2.63. The molecule has 9 nitrogen and oxygen atoms in total. The summed E-state index contributed by atoms with van der Waals surface area (Å²) in [4.78, 5) is 42.8. The summed E-state index contributed by atoms with van der Waals surface area (Å²) in [5.74, 6) is -0.402. The van der Waals surface area contributed by atoms with Gasteiger partial charge in [0, 0.05) is 0 Å². The van der Waals surface area contributed by atoms with Crippen molar-refractivity contribution in [2.75, 3.05) is 12.3 Å². The number of fused-ring (bicyclic) bond motifs is 1. The number of rotatable bonds is 6. The highest BCUT2D eigenvalue weighted by atomic mass is 32.2. The normalized spacial score (nSPS) is 21.2. The third-order valence-electron chi connectivity index (χ3n) is 4.63. The lowest BCUT2D eigenvalue weighted by atomic mass is 10.2. The largest absolute Gasteiger partial charge is 0.462 e. The van der Waals surface area contributed by atoms with E-state index in [0.29, 0.717) is 18.4 Å². The first-order chi connectivity index (χ1) is 14.4. The third kappa shape index (κ3) is 4.13. The molecule has 11 heteroatoms. The zero-order chi connectivity index (χ0) is 21.3. The number of ether oxygens (including phenoxy) is 2. The number of nitrogens with zero attached hydrogens (tertiary/aromatic N) is 2. The zero-order valence-corrected chi connectivity index (χ0v) is 17.7. The van der Waals surface area contributed by atoms with Gasteiger partial charge in [-0.15, -0.1) is 11.8 Å². The molecule has 2 unspecified atom stereocenters. The molecule has 0 bridgehead atoms. The maximum atomic E-state index is 12.5. The van der Waals surface area contributed by atoms with Crippen molar-refractivity contribution >= 4 is 45.4 Å². The Morgan fingerprint density at radius 1 is 1.33 bits per heavy atom. The quantitative estimate of drug-likeness (QED) is 0.434. The van der Waals surface area contributed by atoms with Gasteiger partial charge in [-0.2, -0.15) is 4.98 Å². The zero-order valence-electron chi connectivity index (χ0n) is 16.1. The Kier molecular flexibility index (Phi) is 5.93. The minimum atomic E-state index is -0.554. The predicted octanol–water partition coefficient (Wildman–Crippen LogP) is 2.34. The standard InChI is InChI=1S/C19H20N4O5S2/c1-10-16(23-14-13(30-19(23)26)15(24)22-18(20)21-14)28-12(29-10)8-5-9-27-17(25)11-6-3-2-4-7-11/h2-4,6-7,10,12,16H,5,8-9H2,1H3,(H3,20,21,22,24)/t10-,12?,16?/m0/s1. The lowest BCUT2D eigenvalue weighted by molar-refractivity contribution is 0.00145. The number of nitrogens with one attached hydrogen (secondary N) is 1. The topological polar surface area (TPSA) is 129 Å². The van der Waals surface area contributed by atoms with E-state index in [2.05, 4.69) is 9.97 Å². The van der Waals surface area contributed by atoms with Crippen LogP contribution in [-0.2, 0) is 9.47 Å². The molecule has 1 fully saturated rings. The monoisotopic (exact) mass is 448 g/mol. The minimum Gasteiger partial charge on any atom is -0.462 e. The van der Waals surface area contributed by atoms with E-state index in [4.69, 9.17) is 15.2 Å². The van der Waals surface area contributed by atoms with Crippen LogP contribution in [0.4, 0.5) is 5.95 Å². The van der Waals surface area contributed by atoms with Crippen LogP contribution in [-0.4, -0.2) is 37.8 Å². The van der Waals surface area contributed by atoms with Gasteiger partial charge in [-0.1, -0.05) is 29.5 Å². The van der Waals surface area contributed by atoms with Gasteiger partial charge in [0.25, 0.3) is 5.56 Å². The Balaban J connectivity index is 1.38. The van der Waals surface area contributed by atoms with Gasteiger partial charge in [-0.05, 0) is 31.9 Å². The Bertz CT molecular complexity index is 1170. The molecule has 3 atom stereocenters. The van der Waals surface area contributed by atoms with Crippen molar-refractivity contribution in [1.82, 2.24) is 14.5 Å². The average molecular weight is 449 g/mol. The van der Waals surface area contributed by atoms with Gasteiger partial charge in [0.2, 0.25) is 5.95 Å². The molecule has 0 saturated carbocycles. The van der Waals surface area contributed by atoms with Crippen LogP contribution in [0.3, 0.4) is 0 Å². The number of carbonyl (C=O) groups is 1. The summed E-state index contributed by atoms with van der Waals surface area (Å²) in [5, 5.41) is -0.0281. The first-order valence-corrected chi connectivity index (χ1v) is 11.1. The van der Waals surface area contributed by atoms with E-state index in [1.54, 1.807) is 36.0 Å². The molecule has 3 heterocycles. The van der Waals surface area contributed by atoms with Gasteiger partial charge in [-0.3, -0.25) is 19.1 Å². The Morgan fingerprint density at radius 3 is 2.87 bits per heavy atom. The fourth-order valence-electron chi connectivity index (χ4n) is 3.25. The first-order valence-electron chi connectivity index (χ1n) is 9.38. The molecule has 30 heavy (non-hydrogen) atoms. The first kappa shape index (κ1) is 20.6. The molecule has 4 rings (SSSR count). The van der Waals surface area contributed by atoms with Crippen molar-refractivity contribution in [3.05, 3.63) is 55.9 Å². The van der Waals surface area contributed by atoms with Crippen LogP contribution >= 0.6 is 23.1 Å². The maximum absolute atomic E-state index is 12.5. The van der Waals surface area contributed by atoms with E-state index in [1.807, 2.05) is 13.0 Å². The molecule has 1 aliphatic heterocycles. The van der Waals surface area contributed by atoms with Crippen LogP contribution in [0, 0.1) is 0 Å². The molecule has 0 amide bonds. The molecule has 0 radical (unpaired) electrons. The smallest absolute Gasteiger partial charge is 0.338 e. The molecule has 158 valence electrons. The molecule has 0 aliphatic carbocycles. The van der Waals surface area contributed by atoms with Gasteiger partial charge >= 0.3 is 10.8 Å². The number of hydrogen-bond acceptors (Lipinski definition) is 9. The van der Waals surface area contributed by atoms with E-state index in [1.165, 1.54) is 4.57 Å². The molecular formula is C19H20N4O5S2. The molecule has 0 spiro atoms. The molecule has 2 aromatic heterocycles. The highest BCUT2D eigenvalue weighted by Crippen LogP contribution is 2.41. The fourth-order valence-corrected chi connectivity index (χ4v) is 5.38. The van der Waals surface area contributed by atoms with Crippen LogP contribution in [0.15, 0.2) is 39.9 Å². The van der Waals surface area contributed by atoms with Crippen LogP contribution in [0.5, 0.6) is 0 Å². The van der Waals surface area contributed by atoms with Crippen LogP contribution in [0.25, 0.3) is 10.3 Å². The highest BCUT2D eigenvalue weighted by Gasteiger charge is 2.36. The number of benzene rings is 1. The molecule has 3 aromatic rings. The number of thiazole rings is 1. The van der Waals surface area contributed by atoms with Crippen molar-refractivity contribution in [2.24, 2.45) is 0 Å². The predicted molar refractivity (Wildman–Crippen MR) is 116 cm³/mol. The van der Waals surface area contributed by atoms with E-state index in [9.17, 15) is 14.4 Å². The second kappa shape index (κ2) is 8.62. The van der Waals surface area contributed by atoms with E-state index < -0.39 is 11.8 Å². The van der Waals surface area contributed by atoms with Crippen molar-refractivity contribution in [3.8, 4) is 0 Å². The second-order valence-corrected chi connectivity index (χ2v) is 9.29. The van der Waals surface area contributed by atoms with E-state index in [0.717, 1.165) is 11.3 Å². The van der Waals surface area contributed by atoms with Crippen LogP contribution < -0.4 is 16.2 Å². The summed E-state index contributed by atoms with van der Waals surface area (Å²) in [6.07, 6.45) is 0.724. The number of carbonyl (C=O) groups excluding carboxylic acids is 1. The number of H-pyrrole nitrogens is 1. The van der Waals surface area contributed by atoms with Crippen molar-refractivity contribution in [3.63, 3.8) is 0 Å². The molecule has 1 saturated heterocycles. The Morgan fingerprint density at radius 2 is 2.10 bits per heavy atom. The number of thioether (sulfide) groups is 1. The number of nitrogen functional groups attached to an aromatic ring is 1. The number of esters is 1. The molecule has 1 aromatic carbocycles. The Labute approximate surface area is 179 Å². The van der Waals surface area contributed by atoms with E-state index >= 15 is 0 Å². The summed E-state index contributed by atoms with van der Waals surface area (Å²) in [5.41, 5.74) is 5.80. The van der Waals surface area contributed by atoms with Gasteiger partial charge < -0.3 is 15.2 Å².